The summed E-state index contributed by atoms with van der Waals surface area (Å²) in [6.07, 6.45) is 0. The molecule has 0 unspecified atom stereocenters. The van der Waals surface area contributed by atoms with Gasteiger partial charge in [0.25, 0.3) is 5.69 Å². The molecule has 0 aliphatic heterocycles. The predicted octanol–water partition coefficient (Wildman–Crippen LogP) is 3.62. The van der Waals surface area contributed by atoms with E-state index in [0.29, 0.717) is 22.8 Å². The maximum Gasteiger partial charge on any atom is 0.269 e. The monoisotopic (exact) mass is 378 g/mol. The van der Waals surface area contributed by atoms with Gasteiger partial charge in [-0.2, -0.15) is 4.91 Å². The lowest BCUT2D eigenvalue weighted by Gasteiger charge is -2.16. The van der Waals surface area contributed by atoms with Crippen LogP contribution in [0.15, 0.2) is 41.6 Å². The van der Waals surface area contributed by atoms with E-state index in [-0.39, 0.29) is 31.6 Å². The van der Waals surface area contributed by atoms with Crippen LogP contribution in [0.4, 0.5) is 5.69 Å². The molecule has 0 aliphatic rings. The molecule has 0 aromatic heterocycles. The highest BCUT2D eigenvalue weighted by Crippen LogP contribution is 2.37. The SMILES string of the molecule is COCOc1cc(OCOC)c(CN=O)c(Oc2ccc([N+](=O)[O-])cc2)c1. The van der Waals surface area contributed by atoms with E-state index < -0.39 is 4.92 Å². The fourth-order valence-electron chi connectivity index (χ4n) is 2.13. The number of non-ortho nitro benzene ring substituents is 1. The van der Waals surface area contributed by atoms with Gasteiger partial charge in [0.1, 0.15) is 29.5 Å². The number of rotatable bonds is 11. The summed E-state index contributed by atoms with van der Waals surface area (Å²) in [6.45, 7) is -0.283. The van der Waals surface area contributed by atoms with E-state index in [0.717, 1.165) is 0 Å². The second-order valence-electron chi connectivity index (χ2n) is 5.14. The lowest BCUT2D eigenvalue weighted by molar-refractivity contribution is -0.384. The summed E-state index contributed by atoms with van der Waals surface area (Å²) >= 11 is 0. The predicted molar refractivity (Wildman–Crippen MR) is 94.1 cm³/mol. The van der Waals surface area contributed by atoms with Crippen molar-refractivity contribution in [2.75, 3.05) is 27.8 Å². The van der Waals surface area contributed by atoms with Crippen LogP contribution >= 0.6 is 0 Å². The maximum absolute atomic E-state index is 10.9. The molecule has 10 nitrogen and oxygen atoms in total. The van der Waals surface area contributed by atoms with E-state index in [9.17, 15) is 15.0 Å². The fourth-order valence-corrected chi connectivity index (χ4v) is 2.13. The Morgan fingerprint density at radius 3 is 2.19 bits per heavy atom. The highest BCUT2D eigenvalue weighted by Gasteiger charge is 2.16. The van der Waals surface area contributed by atoms with Gasteiger partial charge < -0.3 is 23.7 Å². The molecule has 144 valence electrons. The first-order chi connectivity index (χ1) is 13.1. The number of nitrogens with zero attached hydrogens (tertiary/aromatic N) is 2. The van der Waals surface area contributed by atoms with E-state index in [1.165, 1.54) is 38.5 Å². The van der Waals surface area contributed by atoms with Gasteiger partial charge in [-0.3, -0.25) is 10.1 Å². The first-order valence-corrected chi connectivity index (χ1v) is 7.70. The summed E-state index contributed by atoms with van der Waals surface area (Å²) in [4.78, 5) is 21.1. The summed E-state index contributed by atoms with van der Waals surface area (Å²) < 4.78 is 26.4. The van der Waals surface area contributed by atoms with Crippen molar-refractivity contribution >= 4 is 5.69 Å². The molecule has 0 atom stereocenters. The molecule has 27 heavy (non-hydrogen) atoms. The lowest BCUT2D eigenvalue weighted by Crippen LogP contribution is -2.05. The summed E-state index contributed by atoms with van der Waals surface area (Å²) in [5, 5.41) is 13.7. The molecule has 2 aromatic rings. The van der Waals surface area contributed by atoms with E-state index in [2.05, 4.69) is 5.18 Å². The molecule has 0 aliphatic carbocycles. The Morgan fingerprint density at radius 2 is 1.59 bits per heavy atom. The molecule has 2 rings (SSSR count). The van der Waals surface area contributed by atoms with Gasteiger partial charge >= 0.3 is 0 Å². The Bertz CT molecular complexity index is 779. The van der Waals surface area contributed by atoms with Crippen molar-refractivity contribution in [2.24, 2.45) is 5.18 Å². The first kappa shape index (κ1) is 20.1. The molecule has 0 N–H and O–H groups in total. The topological polar surface area (TPSA) is 119 Å². The van der Waals surface area contributed by atoms with Gasteiger partial charge in [0.05, 0.1) is 10.5 Å². The molecule has 2 aromatic carbocycles. The van der Waals surface area contributed by atoms with Crippen LogP contribution in [0, 0.1) is 15.0 Å². The van der Waals surface area contributed by atoms with Gasteiger partial charge in [-0.1, -0.05) is 5.18 Å². The average molecular weight is 378 g/mol. The second-order valence-corrected chi connectivity index (χ2v) is 5.14. The zero-order chi connectivity index (χ0) is 19.6. The second kappa shape index (κ2) is 10.0. The zero-order valence-corrected chi connectivity index (χ0v) is 14.7. The van der Waals surface area contributed by atoms with Gasteiger partial charge in [-0.25, -0.2) is 0 Å². The van der Waals surface area contributed by atoms with E-state index in [1.807, 2.05) is 0 Å². The smallest absolute Gasteiger partial charge is 0.269 e. The van der Waals surface area contributed by atoms with Crippen LogP contribution < -0.4 is 14.2 Å². The minimum absolute atomic E-state index is 0.00797. The third-order valence-corrected chi connectivity index (χ3v) is 3.32. The Balaban J connectivity index is 2.39. The van der Waals surface area contributed by atoms with Crippen molar-refractivity contribution in [3.63, 3.8) is 0 Å². The van der Waals surface area contributed by atoms with Gasteiger partial charge in [0.15, 0.2) is 13.6 Å². The first-order valence-electron chi connectivity index (χ1n) is 7.70. The summed E-state index contributed by atoms with van der Waals surface area (Å²) in [5.74, 6) is 1.24. The molecular formula is C17H18N2O8. The molecule has 0 spiro atoms. The molecule has 0 saturated carbocycles. The molecule has 0 radical (unpaired) electrons. The number of nitroso groups, excluding NO2 is 1. The maximum atomic E-state index is 10.9. The Hall–Kier alpha value is -3.24. The van der Waals surface area contributed by atoms with Crippen LogP contribution in [0.1, 0.15) is 5.56 Å². The molecule has 0 saturated heterocycles. The van der Waals surface area contributed by atoms with Crippen molar-refractivity contribution in [1.82, 2.24) is 0 Å². The van der Waals surface area contributed by atoms with Crippen LogP contribution in [0.3, 0.4) is 0 Å². The Labute approximate surface area is 154 Å². The van der Waals surface area contributed by atoms with E-state index in [4.69, 9.17) is 23.7 Å². The third-order valence-electron chi connectivity index (χ3n) is 3.32. The summed E-state index contributed by atoms with van der Waals surface area (Å²) in [5.41, 5.74) is 0.309. The number of hydrogen-bond acceptors (Lipinski definition) is 9. The fraction of sp³-hybridized carbons (Fsp3) is 0.294. The number of nitro benzene ring substituents is 1. The molecule has 10 heteroatoms. The van der Waals surface area contributed by atoms with Gasteiger partial charge in [-0.15, -0.1) is 0 Å². The lowest BCUT2D eigenvalue weighted by atomic mass is 10.1. The Morgan fingerprint density at radius 1 is 0.963 bits per heavy atom. The average Bonchev–Trinajstić information content (AvgIpc) is 2.67. The number of hydrogen-bond donors (Lipinski definition) is 0. The highest BCUT2D eigenvalue weighted by atomic mass is 16.7. The van der Waals surface area contributed by atoms with Crippen LogP contribution in [0.5, 0.6) is 23.0 Å². The van der Waals surface area contributed by atoms with Gasteiger partial charge in [-0.05, 0) is 12.1 Å². The molecular weight excluding hydrogens is 360 g/mol. The van der Waals surface area contributed by atoms with Crippen molar-refractivity contribution in [1.29, 1.82) is 0 Å². The van der Waals surface area contributed by atoms with E-state index in [1.54, 1.807) is 12.1 Å². The molecule has 0 heterocycles. The van der Waals surface area contributed by atoms with Crippen LogP contribution in [0.25, 0.3) is 0 Å². The quantitative estimate of drug-likeness (QED) is 0.252. The van der Waals surface area contributed by atoms with Crippen LogP contribution in [0.2, 0.25) is 0 Å². The minimum Gasteiger partial charge on any atom is -0.467 e. The third kappa shape index (κ3) is 5.62. The highest BCUT2D eigenvalue weighted by molar-refractivity contribution is 5.52. The summed E-state index contributed by atoms with van der Waals surface area (Å²) in [6, 6.07) is 8.59. The minimum atomic E-state index is -0.512. The molecule has 0 fully saturated rings. The zero-order valence-electron chi connectivity index (χ0n) is 14.7. The van der Waals surface area contributed by atoms with Crippen molar-refractivity contribution in [3.8, 4) is 23.0 Å². The van der Waals surface area contributed by atoms with E-state index >= 15 is 0 Å². The number of benzene rings is 2. The normalized spacial score (nSPS) is 10.3. The molecule has 0 amide bonds. The van der Waals surface area contributed by atoms with Crippen LogP contribution in [-0.2, 0) is 16.0 Å². The van der Waals surface area contributed by atoms with Gasteiger partial charge in [0, 0.05) is 38.5 Å². The standard InChI is InChI=1S/C17H18N2O8/c1-23-10-25-14-7-16(26-11-24-2)15(9-18-20)17(8-14)27-13-5-3-12(4-6-13)19(21)22/h3-8H,9-11H2,1-2H3. The number of ether oxygens (including phenoxy) is 5. The molecule has 0 bridgehead atoms. The largest absolute Gasteiger partial charge is 0.467 e. The Kier molecular flexibility index (Phi) is 7.47. The van der Waals surface area contributed by atoms with Crippen LogP contribution in [-0.4, -0.2) is 32.7 Å². The van der Waals surface area contributed by atoms with Crippen molar-refractivity contribution in [3.05, 3.63) is 57.0 Å². The number of methoxy groups -OCH3 is 2. The number of nitro groups is 1. The van der Waals surface area contributed by atoms with Crippen molar-refractivity contribution < 1.29 is 28.6 Å². The summed E-state index contributed by atoms with van der Waals surface area (Å²) in [7, 11) is 2.93. The van der Waals surface area contributed by atoms with Crippen molar-refractivity contribution in [2.45, 2.75) is 6.54 Å². The van der Waals surface area contributed by atoms with Gasteiger partial charge in [0.2, 0.25) is 0 Å².